The first-order valence-electron chi connectivity index (χ1n) is 11.1. The van der Waals surface area contributed by atoms with Gasteiger partial charge in [0.05, 0.1) is 16.1 Å². The Hall–Kier alpha value is -2.37. The van der Waals surface area contributed by atoms with Crippen molar-refractivity contribution in [2.75, 3.05) is 20.1 Å². The van der Waals surface area contributed by atoms with E-state index in [1.807, 2.05) is 6.07 Å². The number of imidazole rings is 1. The average molecular weight is 439 g/mol. The van der Waals surface area contributed by atoms with Crippen molar-refractivity contribution in [2.24, 2.45) is 5.92 Å². The molecule has 1 saturated heterocycles. The summed E-state index contributed by atoms with van der Waals surface area (Å²) in [6.07, 6.45) is 7.24. The van der Waals surface area contributed by atoms with E-state index in [-0.39, 0.29) is 5.82 Å². The minimum absolute atomic E-state index is 0.246. The maximum absolute atomic E-state index is 13.9. The zero-order valence-electron chi connectivity index (χ0n) is 18.1. The van der Waals surface area contributed by atoms with Crippen LogP contribution in [-0.2, 0) is 6.54 Å². The summed E-state index contributed by atoms with van der Waals surface area (Å²) >= 11 is 6.81. The van der Waals surface area contributed by atoms with Crippen LogP contribution in [0, 0.1) is 18.7 Å². The van der Waals surface area contributed by atoms with Crippen molar-refractivity contribution in [1.29, 1.82) is 0 Å². The molecule has 1 fully saturated rings. The summed E-state index contributed by atoms with van der Waals surface area (Å²) in [4.78, 5) is 10.4. The minimum Gasteiger partial charge on any atom is -0.347 e. The molecule has 162 valence electrons. The molecule has 0 spiro atoms. The third-order valence-corrected chi connectivity index (χ3v) is 7.24. The molecule has 31 heavy (non-hydrogen) atoms. The van der Waals surface area contributed by atoms with Gasteiger partial charge in [-0.2, -0.15) is 0 Å². The van der Waals surface area contributed by atoms with Gasteiger partial charge in [-0.05, 0) is 89.0 Å². The molecular weight excluding hydrogens is 411 g/mol. The highest BCUT2D eigenvalue weighted by Gasteiger charge is 2.17. The van der Waals surface area contributed by atoms with Gasteiger partial charge < -0.3 is 14.5 Å². The van der Waals surface area contributed by atoms with Gasteiger partial charge >= 0.3 is 0 Å². The summed E-state index contributed by atoms with van der Waals surface area (Å²) in [6.45, 7) is 5.21. The predicted molar refractivity (Wildman–Crippen MR) is 126 cm³/mol. The van der Waals surface area contributed by atoms with E-state index in [4.69, 9.17) is 11.6 Å². The highest BCUT2D eigenvalue weighted by atomic mass is 35.5. The first kappa shape index (κ1) is 20.5. The van der Waals surface area contributed by atoms with E-state index in [2.05, 4.69) is 44.8 Å². The Balaban J connectivity index is 1.37. The summed E-state index contributed by atoms with van der Waals surface area (Å²) in [5.41, 5.74) is 4.01. The molecule has 0 saturated carbocycles. The van der Waals surface area contributed by atoms with Crippen molar-refractivity contribution in [1.82, 2.24) is 19.4 Å². The molecule has 6 heteroatoms. The normalized spacial score (nSPS) is 16.0. The Morgan fingerprint density at radius 1 is 1.16 bits per heavy atom. The van der Waals surface area contributed by atoms with E-state index < -0.39 is 0 Å². The third kappa shape index (κ3) is 3.85. The minimum atomic E-state index is -0.246. The van der Waals surface area contributed by atoms with Crippen molar-refractivity contribution in [2.45, 2.75) is 39.2 Å². The maximum atomic E-state index is 13.9. The first-order valence-corrected chi connectivity index (χ1v) is 11.5. The molecule has 3 heterocycles. The number of H-pyrrole nitrogens is 1. The van der Waals surface area contributed by atoms with Crippen LogP contribution in [0.3, 0.4) is 0 Å². The van der Waals surface area contributed by atoms with Crippen LogP contribution < -0.4 is 0 Å². The van der Waals surface area contributed by atoms with Gasteiger partial charge in [-0.3, -0.25) is 0 Å². The second kappa shape index (κ2) is 8.29. The smallest absolute Gasteiger partial charge is 0.140 e. The van der Waals surface area contributed by atoms with Gasteiger partial charge in [0.1, 0.15) is 11.6 Å². The molecule has 2 aromatic carbocycles. The second-order valence-corrected chi connectivity index (χ2v) is 9.29. The molecule has 0 bridgehead atoms. The van der Waals surface area contributed by atoms with Crippen molar-refractivity contribution >= 4 is 33.5 Å². The summed E-state index contributed by atoms with van der Waals surface area (Å²) in [6, 6.07) is 9.41. The Labute approximate surface area is 187 Å². The number of nitrogens with one attached hydrogen (secondary N) is 1. The number of aryl methyl sites for hydroxylation is 2. The number of aromatic nitrogens is 3. The van der Waals surface area contributed by atoms with Crippen molar-refractivity contribution in [3.8, 4) is 11.4 Å². The van der Waals surface area contributed by atoms with Crippen LogP contribution in [0.5, 0.6) is 0 Å². The fraction of sp³-hybridized carbons (Fsp3) is 0.400. The van der Waals surface area contributed by atoms with Crippen LogP contribution in [0.4, 0.5) is 4.39 Å². The lowest BCUT2D eigenvalue weighted by molar-refractivity contribution is 0.209. The summed E-state index contributed by atoms with van der Waals surface area (Å²) in [5.74, 6) is 1.28. The molecule has 5 rings (SSSR count). The monoisotopic (exact) mass is 438 g/mol. The molecule has 0 amide bonds. The molecular formula is C25H28ClFN4. The molecule has 0 radical (unpaired) electrons. The van der Waals surface area contributed by atoms with Crippen LogP contribution in [0.25, 0.3) is 33.3 Å². The van der Waals surface area contributed by atoms with E-state index in [1.54, 1.807) is 13.0 Å². The number of rotatable bonds is 5. The van der Waals surface area contributed by atoms with E-state index >= 15 is 0 Å². The van der Waals surface area contributed by atoms with Crippen LogP contribution >= 0.6 is 11.6 Å². The van der Waals surface area contributed by atoms with Gasteiger partial charge in [-0.25, -0.2) is 9.37 Å². The quantitative estimate of drug-likeness (QED) is 0.391. The number of benzene rings is 2. The Bertz CT molecular complexity index is 1230. The van der Waals surface area contributed by atoms with E-state index in [1.165, 1.54) is 44.8 Å². The number of hydrogen-bond acceptors (Lipinski definition) is 2. The standard InChI is InChI=1S/C25H28ClFN4/c1-16-20(27)6-7-21-24(16)29-25(28-21)19-5-8-22-18(23(19)26)11-15-31(22)12-3-4-17-9-13-30(2)14-10-17/h5-8,11,15,17H,3-4,9-10,12-14H2,1-2H3,(H,28,29). The van der Waals surface area contributed by atoms with E-state index in [0.717, 1.165) is 34.4 Å². The van der Waals surface area contributed by atoms with E-state index in [0.29, 0.717) is 21.9 Å². The molecule has 1 aliphatic heterocycles. The van der Waals surface area contributed by atoms with E-state index in [9.17, 15) is 4.39 Å². The first-order chi connectivity index (χ1) is 15.0. The van der Waals surface area contributed by atoms with Crippen LogP contribution in [0.15, 0.2) is 36.5 Å². The van der Waals surface area contributed by atoms with Gasteiger partial charge in [-0.15, -0.1) is 0 Å². The summed E-state index contributed by atoms with van der Waals surface area (Å²) in [7, 11) is 2.21. The van der Waals surface area contributed by atoms with Gasteiger partial charge in [-0.1, -0.05) is 11.6 Å². The fourth-order valence-corrected chi connectivity index (χ4v) is 5.14. The number of fused-ring (bicyclic) bond motifs is 2. The molecule has 0 atom stereocenters. The molecule has 0 aliphatic carbocycles. The lowest BCUT2D eigenvalue weighted by Crippen LogP contribution is -2.30. The second-order valence-electron chi connectivity index (χ2n) is 8.91. The SMILES string of the molecule is Cc1c(F)ccc2[nH]c(-c3ccc4c(ccn4CCCC4CCN(C)CC4)c3Cl)nc12. The van der Waals surface area contributed by atoms with Gasteiger partial charge in [0, 0.05) is 34.8 Å². The number of halogens is 2. The zero-order chi connectivity index (χ0) is 21.5. The lowest BCUT2D eigenvalue weighted by Gasteiger charge is -2.28. The molecule has 1 aliphatic rings. The van der Waals surface area contributed by atoms with Crippen molar-refractivity contribution in [3.05, 3.63) is 52.9 Å². The molecule has 1 N–H and O–H groups in total. The fourth-order valence-electron chi connectivity index (χ4n) is 4.83. The zero-order valence-corrected chi connectivity index (χ0v) is 18.8. The van der Waals surface area contributed by atoms with Gasteiger partial charge in [0.25, 0.3) is 0 Å². The van der Waals surface area contributed by atoms with Crippen LogP contribution in [-0.4, -0.2) is 39.6 Å². The highest BCUT2D eigenvalue weighted by molar-refractivity contribution is 6.38. The number of nitrogens with zero attached hydrogens (tertiary/aromatic N) is 3. The largest absolute Gasteiger partial charge is 0.347 e. The van der Waals surface area contributed by atoms with Crippen molar-refractivity contribution < 1.29 is 4.39 Å². The lowest BCUT2D eigenvalue weighted by atomic mass is 9.92. The topological polar surface area (TPSA) is 36.9 Å². The number of hydrogen-bond donors (Lipinski definition) is 1. The number of piperidine rings is 1. The summed E-state index contributed by atoms with van der Waals surface area (Å²) < 4.78 is 16.2. The predicted octanol–water partition coefficient (Wildman–Crippen LogP) is 6.41. The third-order valence-electron chi connectivity index (χ3n) is 6.83. The Kier molecular flexibility index (Phi) is 5.49. The number of likely N-dealkylation sites (tertiary alicyclic amines) is 1. The average Bonchev–Trinajstić information content (AvgIpc) is 3.38. The molecule has 0 unspecified atom stereocenters. The number of aromatic amines is 1. The van der Waals surface area contributed by atoms with Crippen LogP contribution in [0.2, 0.25) is 5.02 Å². The molecule has 4 aromatic rings. The van der Waals surface area contributed by atoms with Crippen molar-refractivity contribution in [3.63, 3.8) is 0 Å². The Morgan fingerprint density at radius 3 is 2.77 bits per heavy atom. The Morgan fingerprint density at radius 2 is 1.97 bits per heavy atom. The van der Waals surface area contributed by atoms with Gasteiger partial charge in [0.2, 0.25) is 0 Å². The highest BCUT2D eigenvalue weighted by Crippen LogP contribution is 2.35. The molecule has 4 nitrogen and oxygen atoms in total. The molecule has 2 aromatic heterocycles. The maximum Gasteiger partial charge on any atom is 0.140 e. The van der Waals surface area contributed by atoms with Crippen LogP contribution in [0.1, 0.15) is 31.2 Å². The summed E-state index contributed by atoms with van der Waals surface area (Å²) in [5, 5.41) is 1.71. The van der Waals surface area contributed by atoms with Gasteiger partial charge in [0.15, 0.2) is 0 Å².